The van der Waals surface area contributed by atoms with Gasteiger partial charge in [-0.2, -0.15) is 0 Å². The Morgan fingerprint density at radius 3 is 2.90 bits per heavy atom. The Bertz CT molecular complexity index is 434. The van der Waals surface area contributed by atoms with Gasteiger partial charge in [-0.3, -0.25) is 4.90 Å². The molecule has 1 saturated heterocycles. The quantitative estimate of drug-likeness (QED) is 0.839. The summed E-state index contributed by atoms with van der Waals surface area (Å²) >= 11 is 3.75. The van der Waals surface area contributed by atoms with Crippen LogP contribution in [0.2, 0.25) is 0 Å². The molecule has 2 atom stereocenters. The number of nitrogens with one attached hydrogen (secondary N) is 1. The molecule has 0 radical (unpaired) electrons. The van der Waals surface area contributed by atoms with Gasteiger partial charge in [-0.15, -0.1) is 0 Å². The van der Waals surface area contributed by atoms with Crippen LogP contribution in [-0.4, -0.2) is 38.7 Å². The van der Waals surface area contributed by atoms with Gasteiger partial charge in [0.25, 0.3) is 0 Å². The van der Waals surface area contributed by atoms with Gasteiger partial charge in [0.05, 0.1) is 7.11 Å². The van der Waals surface area contributed by atoms with E-state index < -0.39 is 0 Å². The van der Waals surface area contributed by atoms with Crippen LogP contribution in [0.4, 0.5) is 0 Å². The van der Waals surface area contributed by atoms with Gasteiger partial charge >= 0.3 is 0 Å². The zero-order valence-corrected chi connectivity index (χ0v) is 14.9. The van der Waals surface area contributed by atoms with Crippen LogP contribution in [0.5, 0.6) is 5.75 Å². The lowest BCUT2D eigenvalue weighted by molar-refractivity contribution is 0.0918. The van der Waals surface area contributed by atoms with E-state index in [4.69, 9.17) is 4.74 Å². The van der Waals surface area contributed by atoms with E-state index in [0.717, 1.165) is 18.8 Å². The van der Waals surface area contributed by atoms with Crippen LogP contribution < -0.4 is 10.1 Å². The van der Waals surface area contributed by atoms with Gasteiger partial charge in [0.1, 0.15) is 5.75 Å². The third-order valence-corrected chi connectivity index (χ3v) is 5.08. The molecule has 1 aromatic carbocycles. The summed E-state index contributed by atoms with van der Waals surface area (Å²) in [7, 11) is 3.79. The molecule has 0 saturated carbocycles. The predicted octanol–water partition coefficient (Wildman–Crippen LogP) is 3.84. The molecule has 118 valence electrons. The fraction of sp³-hybridized carbons (Fsp3) is 0.647. The highest BCUT2D eigenvalue weighted by Gasteiger charge is 2.33. The predicted molar refractivity (Wildman–Crippen MR) is 91.9 cm³/mol. The Kier molecular flexibility index (Phi) is 6.52. The van der Waals surface area contributed by atoms with Crippen LogP contribution in [0.15, 0.2) is 22.7 Å². The summed E-state index contributed by atoms with van der Waals surface area (Å²) in [5.74, 6) is 1.59. The van der Waals surface area contributed by atoms with Gasteiger partial charge in [-0.1, -0.05) is 22.9 Å². The van der Waals surface area contributed by atoms with E-state index in [9.17, 15) is 0 Å². The number of likely N-dealkylation sites (tertiary alicyclic amines) is 1. The molecular formula is C17H27BrN2O. The third kappa shape index (κ3) is 3.99. The van der Waals surface area contributed by atoms with Crippen molar-refractivity contribution in [2.24, 2.45) is 5.92 Å². The number of halogens is 1. The molecule has 0 aromatic heterocycles. The topological polar surface area (TPSA) is 24.5 Å². The highest BCUT2D eigenvalue weighted by Crippen LogP contribution is 2.40. The average molecular weight is 355 g/mol. The summed E-state index contributed by atoms with van der Waals surface area (Å²) in [4.78, 5) is 2.64. The largest absolute Gasteiger partial charge is 0.497 e. The first-order valence-electron chi connectivity index (χ1n) is 7.93. The van der Waals surface area contributed by atoms with Crippen LogP contribution in [0.3, 0.4) is 0 Å². The molecule has 1 fully saturated rings. The van der Waals surface area contributed by atoms with Crippen LogP contribution >= 0.6 is 15.9 Å². The second kappa shape index (κ2) is 8.16. The van der Waals surface area contributed by atoms with Crippen LogP contribution in [-0.2, 0) is 0 Å². The minimum Gasteiger partial charge on any atom is -0.497 e. The number of ether oxygens (including phenoxy) is 1. The second-order valence-electron chi connectivity index (χ2n) is 5.83. The first-order chi connectivity index (χ1) is 10.2. The standard InChI is InChI=1S/C17H27BrN2O/c1-4-9-20-10-5-6-13(12-19-2)17(20)15-11-14(21-3)7-8-16(15)18/h7-8,11,13,17,19H,4-6,9-10,12H2,1-3H3. The minimum absolute atomic E-state index is 0.468. The molecule has 0 spiro atoms. The molecule has 2 rings (SSSR count). The van der Waals surface area contributed by atoms with Crippen LogP contribution in [0.25, 0.3) is 0 Å². The fourth-order valence-electron chi connectivity index (χ4n) is 3.49. The Labute approximate surface area is 137 Å². The molecule has 3 nitrogen and oxygen atoms in total. The molecule has 1 heterocycles. The third-order valence-electron chi connectivity index (χ3n) is 4.36. The van der Waals surface area contributed by atoms with Crippen LogP contribution in [0, 0.1) is 5.92 Å². The van der Waals surface area contributed by atoms with E-state index in [1.807, 2.05) is 6.07 Å². The number of methoxy groups -OCH3 is 1. The van der Waals surface area contributed by atoms with E-state index >= 15 is 0 Å². The zero-order valence-electron chi connectivity index (χ0n) is 13.4. The van der Waals surface area contributed by atoms with Crippen molar-refractivity contribution in [3.8, 4) is 5.75 Å². The molecule has 1 aliphatic heterocycles. The van der Waals surface area contributed by atoms with Gasteiger partial charge in [-0.25, -0.2) is 0 Å². The molecule has 1 aromatic rings. The monoisotopic (exact) mass is 354 g/mol. The molecule has 1 N–H and O–H groups in total. The number of piperidine rings is 1. The van der Waals surface area contributed by atoms with E-state index in [2.05, 4.69) is 52.3 Å². The highest BCUT2D eigenvalue weighted by atomic mass is 79.9. The van der Waals surface area contributed by atoms with Crippen molar-refractivity contribution in [2.75, 3.05) is 33.8 Å². The summed E-state index contributed by atoms with van der Waals surface area (Å²) in [6, 6.07) is 6.80. The lowest BCUT2D eigenvalue weighted by Gasteiger charge is -2.42. The first-order valence-corrected chi connectivity index (χ1v) is 8.72. The Morgan fingerprint density at radius 1 is 1.43 bits per heavy atom. The molecule has 21 heavy (non-hydrogen) atoms. The average Bonchev–Trinajstić information content (AvgIpc) is 2.49. The summed E-state index contributed by atoms with van der Waals surface area (Å²) < 4.78 is 6.63. The van der Waals surface area contributed by atoms with Crippen molar-refractivity contribution in [2.45, 2.75) is 32.2 Å². The van der Waals surface area contributed by atoms with Crippen LogP contribution in [0.1, 0.15) is 37.8 Å². The van der Waals surface area contributed by atoms with E-state index in [1.165, 1.54) is 35.8 Å². The number of benzene rings is 1. The Balaban J connectivity index is 2.36. The van der Waals surface area contributed by atoms with E-state index in [0.29, 0.717) is 12.0 Å². The number of hydrogen-bond donors (Lipinski definition) is 1. The number of nitrogens with zero attached hydrogens (tertiary/aromatic N) is 1. The maximum atomic E-state index is 5.44. The van der Waals surface area contributed by atoms with Crippen molar-refractivity contribution >= 4 is 15.9 Å². The van der Waals surface area contributed by atoms with Gasteiger partial charge in [0.15, 0.2) is 0 Å². The first kappa shape index (κ1) is 16.8. The molecule has 0 amide bonds. The summed E-state index contributed by atoms with van der Waals surface area (Å²) in [6.45, 7) is 5.69. The highest BCUT2D eigenvalue weighted by molar-refractivity contribution is 9.10. The molecule has 4 heteroatoms. The molecule has 2 unspecified atom stereocenters. The van der Waals surface area contributed by atoms with E-state index in [-0.39, 0.29) is 0 Å². The molecular weight excluding hydrogens is 328 g/mol. The van der Waals surface area contributed by atoms with Crippen molar-refractivity contribution < 1.29 is 4.74 Å². The summed E-state index contributed by atoms with van der Waals surface area (Å²) in [5, 5.41) is 3.37. The smallest absolute Gasteiger partial charge is 0.119 e. The van der Waals surface area contributed by atoms with Crippen molar-refractivity contribution in [1.82, 2.24) is 10.2 Å². The maximum Gasteiger partial charge on any atom is 0.119 e. The molecule has 0 aliphatic carbocycles. The fourth-order valence-corrected chi connectivity index (χ4v) is 3.97. The normalized spacial score (nSPS) is 23.2. The number of rotatable bonds is 6. The van der Waals surface area contributed by atoms with Gasteiger partial charge in [-0.05, 0) is 75.6 Å². The summed E-state index contributed by atoms with van der Waals surface area (Å²) in [6.07, 6.45) is 3.78. The second-order valence-corrected chi connectivity index (χ2v) is 6.68. The number of hydrogen-bond acceptors (Lipinski definition) is 3. The maximum absolute atomic E-state index is 5.44. The SMILES string of the molecule is CCCN1CCCC(CNC)C1c1cc(OC)ccc1Br. The molecule has 0 bridgehead atoms. The van der Waals surface area contributed by atoms with Crippen molar-refractivity contribution in [3.63, 3.8) is 0 Å². The lowest BCUT2D eigenvalue weighted by atomic mass is 9.84. The van der Waals surface area contributed by atoms with E-state index in [1.54, 1.807) is 7.11 Å². The van der Waals surface area contributed by atoms with Crippen molar-refractivity contribution in [3.05, 3.63) is 28.2 Å². The zero-order chi connectivity index (χ0) is 15.2. The molecule has 1 aliphatic rings. The van der Waals surface area contributed by atoms with Gasteiger partial charge < -0.3 is 10.1 Å². The van der Waals surface area contributed by atoms with Gasteiger partial charge in [0, 0.05) is 10.5 Å². The van der Waals surface area contributed by atoms with Crippen molar-refractivity contribution in [1.29, 1.82) is 0 Å². The Morgan fingerprint density at radius 2 is 2.24 bits per heavy atom. The minimum atomic E-state index is 0.468. The Hall–Kier alpha value is -0.580. The summed E-state index contributed by atoms with van der Waals surface area (Å²) in [5.41, 5.74) is 1.36. The van der Waals surface area contributed by atoms with Gasteiger partial charge in [0.2, 0.25) is 0 Å². The lowest BCUT2D eigenvalue weighted by Crippen LogP contribution is -2.42.